The van der Waals surface area contributed by atoms with Gasteiger partial charge in [0.2, 0.25) is 0 Å². The van der Waals surface area contributed by atoms with Crippen LogP contribution >= 0.6 is 11.8 Å². The third-order valence-electron chi connectivity index (χ3n) is 2.38. The van der Waals surface area contributed by atoms with Crippen LogP contribution < -0.4 is 4.74 Å². The van der Waals surface area contributed by atoms with Gasteiger partial charge in [0.25, 0.3) is 0 Å². The molecular formula is C14H12O3S. The average molecular weight is 260 g/mol. The van der Waals surface area contributed by atoms with Crippen molar-refractivity contribution in [3.05, 3.63) is 54.1 Å². The zero-order valence-corrected chi connectivity index (χ0v) is 10.6. The molecule has 0 amide bonds. The number of hydrogen-bond acceptors (Lipinski definition) is 3. The van der Waals surface area contributed by atoms with E-state index >= 15 is 0 Å². The second kappa shape index (κ2) is 5.60. The van der Waals surface area contributed by atoms with Crippen molar-refractivity contribution in [1.82, 2.24) is 0 Å². The smallest absolute Gasteiger partial charge is 0.335 e. The van der Waals surface area contributed by atoms with E-state index in [1.807, 2.05) is 30.5 Å². The van der Waals surface area contributed by atoms with Crippen molar-refractivity contribution < 1.29 is 14.6 Å². The molecule has 0 atom stereocenters. The molecule has 0 heterocycles. The Balaban J connectivity index is 2.17. The summed E-state index contributed by atoms with van der Waals surface area (Å²) in [5.41, 5.74) is 0.216. The van der Waals surface area contributed by atoms with E-state index in [0.29, 0.717) is 11.5 Å². The molecule has 0 aromatic heterocycles. The van der Waals surface area contributed by atoms with Gasteiger partial charge in [-0.25, -0.2) is 4.79 Å². The molecule has 0 fully saturated rings. The number of benzene rings is 2. The summed E-state index contributed by atoms with van der Waals surface area (Å²) in [5.74, 6) is 0.250. The van der Waals surface area contributed by atoms with E-state index in [2.05, 4.69) is 0 Å². The lowest BCUT2D eigenvalue weighted by Crippen LogP contribution is -1.96. The largest absolute Gasteiger partial charge is 0.478 e. The minimum atomic E-state index is -0.960. The van der Waals surface area contributed by atoms with E-state index in [1.165, 1.54) is 12.1 Å². The minimum Gasteiger partial charge on any atom is -0.478 e. The number of carboxylic acids is 1. The quantitative estimate of drug-likeness (QED) is 0.847. The van der Waals surface area contributed by atoms with Crippen molar-refractivity contribution in [3.63, 3.8) is 0 Å². The molecule has 3 nitrogen and oxygen atoms in total. The lowest BCUT2D eigenvalue weighted by atomic mass is 10.2. The highest BCUT2D eigenvalue weighted by Crippen LogP contribution is 2.24. The van der Waals surface area contributed by atoms with Crippen LogP contribution in [0.2, 0.25) is 0 Å². The number of aromatic carboxylic acids is 1. The summed E-state index contributed by atoms with van der Waals surface area (Å²) in [7, 11) is 0. The van der Waals surface area contributed by atoms with Crippen molar-refractivity contribution in [2.75, 3.05) is 6.26 Å². The van der Waals surface area contributed by atoms with Gasteiger partial charge in [0.1, 0.15) is 11.5 Å². The van der Waals surface area contributed by atoms with Crippen LogP contribution in [0.15, 0.2) is 53.4 Å². The fourth-order valence-electron chi connectivity index (χ4n) is 1.47. The first kappa shape index (κ1) is 12.5. The maximum Gasteiger partial charge on any atom is 0.335 e. The first-order valence-corrected chi connectivity index (χ1v) is 6.57. The standard InChI is InChI=1S/C14H12O3S/c1-18-13-7-5-11(6-8-13)17-12-4-2-3-10(9-12)14(15)16/h2-9H,1H3,(H,15,16). The van der Waals surface area contributed by atoms with Crippen LogP contribution in [0.4, 0.5) is 0 Å². The van der Waals surface area contributed by atoms with Crippen LogP contribution in [-0.4, -0.2) is 17.3 Å². The molecule has 18 heavy (non-hydrogen) atoms. The van der Waals surface area contributed by atoms with Gasteiger partial charge in [0, 0.05) is 4.90 Å². The summed E-state index contributed by atoms with van der Waals surface area (Å²) in [4.78, 5) is 12.0. The van der Waals surface area contributed by atoms with Crippen LogP contribution in [0.1, 0.15) is 10.4 Å². The Morgan fingerprint density at radius 3 is 2.44 bits per heavy atom. The van der Waals surface area contributed by atoms with E-state index in [0.717, 1.165) is 4.90 Å². The molecule has 0 spiro atoms. The highest BCUT2D eigenvalue weighted by molar-refractivity contribution is 7.98. The molecule has 0 aliphatic rings. The molecule has 0 aliphatic heterocycles. The molecule has 0 unspecified atom stereocenters. The summed E-state index contributed by atoms with van der Waals surface area (Å²) in [6.45, 7) is 0. The second-order valence-corrected chi connectivity index (χ2v) is 4.49. The first-order valence-electron chi connectivity index (χ1n) is 5.34. The summed E-state index contributed by atoms with van der Waals surface area (Å²) in [6.07, 6.45) is 2.01. The summed E-state index contributed by atoms with van der Waals surface area (Å²) < 4.78 is 5.60. The van der Waals surface area contributed by atoms with Gasteiger partial charge in [-0.15, -0.1) is 11.8 Å². The highest BCUT2D eigenvalue weighted by atomic mass is 32.2. The Labute approximate surface area is 109 Å². The lowest BCUT2D eigenvalue weighted by molar-refractivity contribution is 0.0696. The van der Waals surface area contributed by atoms with Crippen LogP contribution in [0.5, 0.6) is 11.5 Å². The highest BCUT2D eigenvalue weighted by Gasteiger charge is 2.04. The van der Waals surface area contributed by atoms with E-state index in [4.69, 9.17) is 9.84 Å². The van der Waals surface area contributed by atoms with Gasteiger partial charge < -0.3 is 9.84 Å². The van der Waals surface area contributed by atoms with Crippen molar-refractivity contribution in [3.8, 4) is 11.5 Å². The number of thioether (sulfide) groups is 1. The molecule has 1 N–H and O–H groups in total. The number of ether oxygens (including phenoxy) is 1. The number of rotatable bonds is 4. The Morgan fingerprint density at radius 1 is 1.11 bits per heavy atom. The lowest BCUT2D eigenvalue weighted by Gasteiger charge is -2.06. The molecule has 0 aliphatic carbocycles. The van der Waals surface area contributed by atoms with E-state index in [9.17, 15) is 4.79 Å². The predicted octanol–water partition coefficient (Wildman–Crippen LogP) is 3.90. The Bertz CT molecular complexity index is 549. The fraction of sp³-hybridized carbons (Fsp3) is 0.0714. The van der Waals surface area contributed by atoms with Crippen molar-refractivity contribution >= 4 is 17.7 Å². The monoisotopic (exact) mass is 260 g/mol. The molecule has 92 valence electrons. The molecule has 2 aromatic carbocycles. The van der Waals surface area contributed by atoms with Gasteiger partial charge in [0.05, 0.1) is 5.56 Å². The molecule has 0 bridgehead atoms. The Morgan fingerprint density at radius 2 is 1.83 bits per heavy atom. The summed E-state index contributed by atoms with van der Waals surface area (Å²) in [5, 5.41) is 8.89. The normalized spacial score (nSPS) is 10.1. The van der Waals surface area contributed by atoms with Crippen LogP contribution in [-0.2, 0) is 0 Å². The molecule has 0 saturated heterocycles. The van der Waals surface area contributed by atoms with Crippen LogP contribution in [0.25, 0.3) is 0 Å². The molecule has 4 heteroatoms. The van der Waals surface area contributed by atoms with Gasteiger partial charge in [-0.1, -0.05) is 6.07 Å². The fourth-order valence-corrected chi connectivity index (χ4v) is 1.88. The van der Waals surface area contributed by atoms with Gasteiger partial charge in [-0.2, -0.15) is 0 Å². The predicted molar refractivity (Wildman–Crippen MR) is 71.7 cm³/mol. The first-order chi connectivity index (χ1) is 8.69. The zero-order chi connectivity index (χ0) is 13.0. The second-order valence-electron chi connectivity index (χ2n) is 3.61. The Hall–Kier alpha value is -1.94. The van der Waals surface area contributed by atoms with Gasteiger partial charge in [-0.3, -0.25) is 0 Å². The number of carbonyl (C=O) groups is 1. The van der Waals surface area contributed by atoms with Gasteiger partial charge >= 0.3 is 5.97 Å². The average Bonchev–Trinajstić information content (AvgIpc) is 2.40. The van der Waals surface area contributed by atoms with Crippen LogP contribution in [0.3, 0.4) is 0 Å². The SMILES string of the molecule is CSc1ccc(Oc2cccc(C(=O)O)c2)cc1. The van der Waals surface area contributed by atoms with Crippen molar-refractivity contribution in [1.29, 1.82) is 0 Å². The third-order valence-corrected chi connectivity index (χ3v) is 3.12. The third kappa shape index (κ3) is 3.05. The molecule has 0 radical (unpaired) electrons. The molecule has 2 aromatic rings. The van der Waals surface area contributed by atoms with Crippen molar-refractivity contribution in [2.45, 2.75) is 4.90 Å². The van der Waals surface area contributed by atoms with Gasteiger partial charge in [-0.05, 0) is 48.7 Å². The number of hydrogen-bond donors (Lipinski definition) is 1. The Kier molecular flexibility index (Phi) is 3.89. The minimum absolute atomic E-state index is 0.216. The molecule has 0 saturated carbocycles. The van der Waals surface area contributed by atoms with E-state index < -0.39 is 5.97 Å². The van der Waals surface area contributed by atoms with Gasteiger partial charge in [0.15, 0.2) is 0 Å². The molecule has 2 rings (SSSR count). The summed E-state index contributed by atoms with van der Waals surface area (Å²) >= 11 is 1.66. The van der Waals surface area contributed by atoms with E-state index in [1.54, 1.807) is 23.9 Å². The summed E-state index contributed by atoms with van der Waals surface area (Å²) in [6, 6.07) is 14.1. The van der Waals surface area contributed by atoms with Crippen LogP contribution in [0, 0.1) is 0 Å². The van der Waals surface area contributed by atoms with E-state index in [-0.39, 0.29) is 5.56 Å². The van der Waals surface area contributed by atoms with Crippen molar-refractivity contribution in [2.24, 2.45) is 0 Å². The topological polar surface area (TPSA) is 46.5 Å². The maximum absolute atomic E-state index is 10.8. The number of carboxylic acid groups (broad SMARTS) is 1. The zero-order valence-electron chi connectivity index (χ0n) is 9.79. The maximum atomic E-state index is 10.8. The molecular weight excluding hydrogens is 248 g/mol.